The second kappa shape index (κ2) is 5.37. The van der Waals surface area contributed by atoms with Gasteiger partial charge in [-0.1, -0.05) is 31.2 Å². The van der Waals surface area contributed by atoms with Crippen molar-refractivity contribution in [3.8, 4) is 0 Å². The van der Waals surface area contributed by atoms with Crippen LogP contribution in [0.5, 0.6) is 0 Å². The molecule has 0 atom stereocenters. The molecule has 3 aromatic rings. The SMILES string of the molecule is CCc1ccccc1CNc1ccc2nc(C)[nH]c2c1. The van der Waals surface area contributed by atoms with E-state index in [0.717, 1.165) is 35.5 Å². The minimum Gasteiger partial charge on any atom is -0.381 e. The van der Waals surface area contributed by atoms with E-state index in [-0.39, 0.29) is 0 Å². The van der Waals surface area contributed by atoms with Crippen LogP contribution in [0.2, 0.25) is 0 Å². The van der Waals surface area contributed by atoms with Gasteiger partial charge in [0.1, 0.15) is 5.82 Å². The summed E-state index contributed by atoms with van der Waals surface area (Å²) >= 11 is 0. The molecular formula is C17H19N3. The van der Waals surface area contributed by atoms with Crippen molar-refractivity contribution in [1.82, 2.24) is 9.97 Å². The minimum absolute atomic E-state index is 0.850. The van der Waals surface area contributed by atoms with Gasteiger partial charge in [-0.15, -0.1) is 0 Å². The lowest BCUT2D eigenvalue weighted by Crippen LogP contribution is -2.02. The third kappa shape index (κ3) is 2.52. The number of hydrogen-bond acceptors (Lipinski definition) is 2. The molecule has 1 aromatic heterocycles. The molecule has 0 aliphatic rings. The van der Waals surface area contributed by atoms with Crippen LogP contribution in [0.15, 0.2) is 42.5 Å². The molecular weight excluding hydrogens is 246 g/mol. The zero-order valence-corrected chi connectivity index (χ0v) is 11.9. The molecule has 3 rings (SSSR count). The Morgan fingerprint density at radius 3 is 2.70 bits per heavy atom. The van der Waals surface area contributed by atoms with Gasteiger partial charge in [-0.05, 0) is 42.7 Å². The Bertz CT molecular complexity index is 728. The van der Waals surface area contributed by atoms with E-state index in [2.05, 4.69) is 58.6 Å². The smallest absolute Gasteiger partial charge is 0.104 e. The normalized spacial score (nSPS) is 10.9. The number of H-pyrrole nitrogens is 1. The fourth-order valence-corrected chi connectivity index (χ4v) is 2.52. The van der Waals surface area contributed by atoms with Crippen LogP contribution in [0.1, 0.15) is 23.9 Å². The molecule has 1 heterocycles. The van der Waals surface area contributed by atoms with Crippen LogP contribution in [0.25, 0.3) is 11.0 Å². The molecule has 102 valence electrons. The highest BCUT2D eigenvalue weighted by molar-refractivity contribution is 5.79. The standard InChI is InChI=1S/C17H19N3/c1-3-13-6-4-5-7-14(13)11-18-15-8-9-16-17(10-15)20-12(2)19-16/h4-10,18H,3,11H2,1-2H3,(H,19,20). The largest absolute Gasteiger partial charge is 0.381 e. The van der Waals surface area contributed by atoms with Gasteiger partial charge in [-0.25, -0.2) is 4.98 Å². The van der Waals surface area contributed by atoms with E-state index < -0.39 is 0 Å². The van der Waals surface area contributed by atoms with Crippen LogP contribution >= 0.6 is 0 Å². The Balaban J connectivity index is 1.79. The fourth-order valence-electron chi connectivity index (χ4n) is 2.52. The molecule has 0 amide bonds. The topological polar surface area (TPSA) is 40.7 Å². The summed E-state index contributed by atoms with van der Waals surface area (Å²) in [6.07, 6.45) is 1.07. The molecule has 20 heavy (non-hydrogen) atoms. The number of nitrogens with zero attached hydrogens (tertiary/aromatic N) is 1. The zero-order valence-electron chi connectivity index (χ0n) is 11.9. The summed E-state index contributed by atoms with van der Waals surface area (Å²) in [6, 6.07) is 14.8. The Kier molecular flexibility index (Phi) is 3.42. The summed E-state index contributed by atoms with van der Waals surface area (Å²) in [7, 11) is 0. The number of hydrogen-bond donors (Lipinski definition) is 2. The van der Waals surface area contributed by atoms with Gasteiger partial charge in [-0.3, -0.25) is 0 Å². The lowest BCUT2D eigenvalue weighted by atomic mass is 10.1. The van der Waals surface area contributed by atoms with Crippen LogP contribution in [0, 0.1) is 6.92 Å². The molecule has 2 aromatic carbocycles. The third-order valence-electron chi connectivity index (χ3n) is 3.58. The van der Waals surface area contributed by atoms with Crippen molar-refractivity contribution in [2.24, 2.45) is 0 Å². The molecule has 0 radical (unpaired) electrons. The summed E-state index contributed by atoms with van der Waals surface area (Å²) in [5, 5.41) is 3.49. The first-order valence-corrected chi connectivity index (χ1v) is 7.03. The molecule has 2 N–H and O–H groups in total. The average molecular weight is 265 g/mol. The highest BCUT2D eigenvalue weighted by Crippen LogP contribution is 2.18. The predicted molar refractivity (Wildman–Crippen MR) is 84.0 cm³/mol. The number of rotatable bonds is 4. The Labute approximate surface area is 119 Å². The van der Waals surface area contributed by atoms with E-state index in [1.54, 1.807) is 0 Å². The van der Waals surface area contributed by atoms with E-state index in [9.17, 15) is 0 Å². The van der Waals surface area contributed by atoms with Crippen molar-refractivity contribution in [2.75, 3.05) is 5.32 Å². The second-order valence-corrected chi connectivity index (χ2v) is 5.03. The van der Waals surface area contributed by atoms with Crippen molar-refractivity contribution in [3.63, 3.8) is 0 Å². The van der Waals surface area contributed by atoms with Crippen molar-refractivity contribution in [1.29, 1.82) is 0 Å². The quantitative estimate of drug-likeness (QED) is 0.747. The molecule has 0 fully saturated rings. The maximum atomic E-state index is 4.42. The van der Waals surface area contributed by atoms with Crippen LogP contribution in [-0.2, 0) is 13.0 Å². The lowest BCUT2D eigenvalue weighted by molar-refractivity contribution is 1.04. The number of aryl methyl sites for hydroxylation is 2. The van der Waals surface area contributed by atoms with E-state index in [4.69, 9.17) is 0 Å². The molecule has 0 unspecified atom stereocenters. The van der Waals surface area contributed by atoms with Gasteiger partial charge in [0, 0.05) is 12.2 Å². The van der Waals surface area contributed by atoms with Gasteiger partial charge in [0.05, 0.1) is 11.0 Å². The summed E-state index contributed by atoms with van der Waals surface area (Å²) in [4.78, 5) is 7.69. The van der Waals surface area contributed by atoms with Crippen LogP contribution in [0.4, 0.5) is 5.69 Å². The first kappa shape index (κ1) is 12.7. The summed E-state index contributed by atoms with van der Waals surface area (Å²) < 4.78 is 0. The maximum absolute atomic E-state index is 4.42. The summed E-state index contributed by atoms with van der Waals surface area (Å²) in [5.41, 5.74) is 5.97. The van der Waals surface area contributed by atoms with E-state index in [0.29, 0.717) is 0 Å². The first-order valence-electron chi connectivity index (χ1n) is 7.03. The third-order valence-corrected chi connectivity index (χ3v) is 3.58. The summed E-state index contributed by atoms with van der Waals surface area (Å²) in [5.74, 6) is 0.952. The molecule has 0 bridgehead atoms. The number of nitrogens with one attached hydrogen (secondary N) is 2. The fraction of sp³-hybridized carbons (Fsp3) is 0.235. The average Bonchev–Trinajstić information content (AvgIpc) is 2.84. The first-order chi connectivity index (χ1) is 9.76. The number of fused-ring (bicyclic) bond motifs is 1. The Morgan fingerprint density at radius 2 is 1.90 bits per heavy atom. The van der Waals surface area contributed by atoms with E-state index >= 15 is 0 Å². The Morgan fingerprint density at radius 1 is 1.10 bits per heavy atom. The van der Waals surface area contributed by atoms with Gasteiger partial charge < -0.3 is 10.3 Å². The van der Waals surface area contributed by atoms with Gasteiger partial charge >= 0.3 is 0 Å². The maximum Gasteiger partial charge on any atom is 0.104 e. The van der Waals surface area contributed by atoms with Crippen molar-refractivity contribution in [3.05, 3.63) is 59.4 Å². The molecule has 0 saturated heterocycles. The van der Waals surface area contributed by atoms with E-state index in [1.807, 2.05) is 13.0 Å². The molecule has 3 heteroatoms. The predicted octanol–water partition coefficient (Wildman–Crippen LogP) is 4.05. The number of benzene rings is 2. The van der Waals surface area contributed by atoms with Gasteiger partial charge in [0.2, 0.25) is 0 Å². The van der Waals surface area contributed by atoms with Gasteiger partial charge in [-0.2, -0.15) is 0 Å². The van der Waals surface area contributed by atoms with Gasteiger partial charge in [0.15, 0.2) is 0 Å². The van der Waals surface area contributed by atoms with Crippen molar-refractivity contribution < 1.29 is 0 Å². The number of aromatic nitrogens is 2. The van der Waals surface area contributed by atoms with Crippen molar-refractivity contribution in [2.45, 2.75) is 26.8 Å². The van der Waals surface area contributed by atoms with Crippen LogP contribution in [0.3, 0.4) is 0 Å². The summed E-state index contributed by atoms with van der Waals surface area (Å²) in [6.45, 7) is 5.02. The second-order valence-electron chi connectivity index (χ2n) is 5.03. The molecule has 0 saturated carbocycles. The monoisotopic (exact) mass is 265 g/mol. The van der Waals surface area contributed by atoms with Gasteiger partial charge in [0.25, 0.3) is 0 Å². The highest BCUT2D eigenvalue weighted by Gasteiger charge is 2.02. The van der Waals surface area contributed by atoms with Crippen LogP contribution < -0.4 is 5.32 Å². The number of anilines is 1. The van der Waals surface area contributed by atoms with Crippen LogP contribution in [-0.4, -0.2) is 9.97 Å². The zero-order chi connectivity index (χ0) is 13.9. The number of aromatic amines is 1. The Hall–Kier alpha value is -2.29. The van der Waals surface area contributed by atoms with E-state index in [1.165, 1.54) is 11.1 Å². The molecule has 0 spiro atoms. The highest BCUT2D eigenvalue weighted by atomic mass is 14.9. The lowest BCUT2D eigenvalue weighted by Gasteiger charge is -2.10. The van der Waals surface area contributed by atoms with Crippen molar-refractivity contribution >= 4 is 16.7 Å². The molecule has 3 nitrogen and oxygen atoms in total. The minimum atomic E-state index is 0.850. The molecule has 0 aliphatic heterocycles. The number of imidazole rings is 1. The molecule has 0 aliphatic carbocycles.